The van der Waals surface area contributed by atoms with E-state index < -0.39 is 4.92 Å². The van der Waals surface area contributed by atoms with Crippen LogP contribution < -0.4 is 0 Å². The molecule has 0 bridgehead atoms. The molecule has 0 saturated heterocycles. The highest BCUT2D eigenvalue weighted by molar-refractivity contribution is 5.98. The van der Waals surface area contributed by atoms with Gasteiger partial charge < -0.3 is 9.32 Å². The average molecular weight is 377 g/mol. The molecule has 0 atom stereocenters. The smallest absolute Gasteiger partial charge is 0.272 e. The number of oxazole rings is 1. The van der Waals surface area contributed by atoms with Crippen LogP contribution in [0.1, 0.15) is 46.1 Å². The van der Waals surface area contributed by atoms with Crippen molar-refractivity contribution >= 4 is 28.6 Å². The Labute approximate surface area is 161 Å². The first-order valence-corrected chi connectivity index (χ1v) is 9.00. The maximum Gasteiger partial charge on any atom is 0.272 e. The largest absolute Gasteiger partial charge is 0.440 e. The van der Waals surface area contributed by atoms with E-state index in [1.54, 1.807) is 12.1 Å². The molecule has 0 radical (unpaired) electrons. The average Bonchev–Trinajstić information content (AvgIpc) is 3.44. The van der Waals surface area contributed by atoms with Gasteiger partial charge in [0.25, 0.3) is 5.69 Å². The molecule has 28 heavy (non-hydrogen) atoms. The third-order valence-corrected chi connectivity index (χ3v) is 4.68. The van der Waals surface area contributed by atoms with Gasteiger partial charge in [-0.15, -0.1) is 0 Å². The fourth-order valence-electron chi connectivity index (χ4n) is 3.23. The number of hydrogen-bond donors (Lipinski definition) is 0. The van der Waals surface area contributed by atoms with Gasteiger partial charge in [0, 0.05) is 55.0 Å². The summed E-state index contributed by atoms with van der Waals surface area (Å²) in [6.07, 6.45) is 4.64. The minimum absolute atomic E-state index is 0.0635. The summed E-state index contributed by atoms with van der Waals surface area (Å²) in [4.78, 5) is 29.0. The van der Waals surface area contributed by atoms with E-state index in [-0.39, 0.29) is 11.6 Å². The fourth-order valence-corrected chi connectivity index (χ4v) is 3.23. The molecule has 1 fully saturated rings. The molecule has 3 aromatic rings. The number of non-ortho nitro benzene ring substituents is 1. The number of hydrogen-bond acceptors (Lipinski definition) is 6. The monoisotopic (exact) mass is 377 g/mol. The molecule has 1 aromatic heterocycles. The van der Waals surface area contributed by atoms with Crippen LogP contribution >= 0.6 is 0 Å². The third kappa shape index (κ3) is 3.26. The molecule has 7 nitrogen and oxygen atoms in total. The molecule has 0 aliphatic heterocycles. The van der Waals surface area contributed by atoms with Crippen molar-refractivity contribution in [1.82, 2.24) is 9.88 Å². The zero-order chi connectivity index (χ0) is 19.8. The van der Waals surface area contributed by atoms with Crippen LogP contribution in [0.25, 0.3) is 16.7 Å². The predicted molar refractivity (Wildman–Crippen MR) is 105 cm³/mol. The lowest BCUT2D eigenvalue weighted by Crippen LogP contribution is -2.05. The van der Waals surface area contributed by atoms with Gasteiger partial charge in [-0.3, -0.25) is 14.9 Å². The Kier molecular flexibility index (Phi) is 4.43. The molecule has 2 aromatic carbocycles. The van der Waals surface area contributed by atoms with Gasteiger partial charge in [0.15, 0.2) is 17.8 Å². The first-order chi connectivity index (χ1) is 13.5. The van der Waals surface area contributed by atoms with Crippen molar-refractivity contribution in [3.63, 3.8) is 0 Å². The van der Waals surface area contributed by atoms with Gasteiger partial charge in [-0.1, -0.05) is 24.3 Å². The number of benzene rings is 2. The molecule has 4 rings (SSSR count). The lowest BCUT2D eigenvalue weighted by atomic mass is 9.94. The Balaban J connectivity index is 2.02. The number of aldehydes is 1. The van der Waals surface area contributed by atoms with Crippen LogP contribution in [0.5, 0.6) is 0 Å². The van der Waals surface area contributed by atoms with Crippen LogP contribution in [0, 0.1) is 10.1 Å². The van der Waals surface area contributed by atoms with Crippen molar-refractivity contribution in [2.24, 2.45) is 0 Å². The molecule has 0 spiro atoms. The van der Waals surface area contributed by atoms with E-state index in [1.807, 2.05) is 37.3 Å². The zero-order valence-corrected chi connectivity index (χ0v) is 15.6. The van der Waals surface area contributed by atoms with Crippen molar-refractivity contribution in [2.45, 2.75) is 18.8 Å². The number of carbonyl (C=O) groups excluding carboxylic acids is 1. The minimum atomic E-state index is -0.437. The highest BCUT2D eigenvalue weighted by Crippen LogP contribution is 2.43. The van der Waals surface area contributed by atoms with Gasteiger partial charge in [0.1, 0.15) is 5.52 Å². The number of nitrogens with zero attached hydrogens (tertiary/aromatic N) is 3. The molecule has 1 heterocycles. The highest BCUT2D eigenvalue weighted by atomic mass is 16.6. The van der Waals surface area contributed by atoms with Crippen molar-refractivity contribution in [1.29, 1.82) is 0 Å². The number of carbonyl (C=O) groups is 1. The van der Waals surface area contributed by atoms with E-state index in [0.717, 1.165) is 19.1 Å². The molecule has 0 N–H and O–H groups in total. The molecule has 142 valence electrons. The summed E-state index contributed by atoms with van der Waals surface area (Å²) in [5.41, 5.74) is 3.29. The van der Waals surface area contributed by atoms with Gasteiger partial charge in [-0.05, 0) is 18.4 Å². The summed E-state index contributed by atoms with van der Waals surface area (Å²) in [6.45, 7) is 0. The lowest BCUT2D eigenvalue weighted by Gasteiger charge is -2.14. The second-order valence-electron chi connectivity index (χ2n) is 7.14. The van der Waals surface area contributed by atoms with E-state index in [0.29, 0.717) is 39.3 Å². The number of fused-ring (bicyclic) bond motifs is 1. The third-order valence-electron chi connectivity index (χ3n) is 4.68. The van der Waals surface area contributed by atoms with Gasteiger partial charge in [0.2, 0.25) is 0 Å². The number of nitro groups is 1. The molecule has 0 unspecified atom stereocenters. The van der Waals surface area contributed by atoms with E-state index in [4.69, 9.17) is 4.42 Å². The van der Waals surface area contributed by atoms with Crippen LogP contribution in [0.15, 0.2) is 47.0 Å². The Morgan fingerprint density at radius 3 is 2.64 bits per heavy atom. The van der Waals surface area contributed by atoms with Crippen LogP contribution in [-0.4, -0.2) is 35.2 Å². The predicted octanol–water partition coefficient (Wildman–Crippen LogP) is 4.38. The summed E-state index contributed by atoms with van der Waals surface area (Å²) in [5, 5.41) is 11.5. The van der Waals surface area contributed by atoms with Crippen LogP contribution in [0.2, 0.25) is 0 Å². The van der Waals surface area contributed by atoms with Gasteiger partial charge in [0.05, 0.1) is 4.92 Å². The summed E-state index contributed by atoms with van der Waals surface area (Å²) < 4.78 is 6.03. The molecule has 0 amide bonds. The van der Waals surface area contributed by atoms with Gasteiger partial charge >= 0.3 is 0 Å². The van der Waals surface area contributed by atoms with Gasteiger partial charge in [-0.2, -0.15) is 0 Å². The molecule has 1 aliphatic rings. The topological polar surface area (TPSA) is 89.5 Å². The number of rotatable bonds is 6. The summed E-state index contributed by atoms with van der Waals surface area (Å²) in [7, 11) is 3.71. The van der Waals surface area contributed by atoms with E-state index >= 15 is 0 Å². The molecule has 1 aliphatic carbocycles. The molecular weight excluding hydrogens is 358 g/mol. The number of aromatic nitrogens is 1. The van der Waals surface area contributed by atoms with Crippen LogP contribution in [-0.2, 0) is 0 Å². The Bertz CT molecular complexity index is 1110. The Hall–Kier alpha value is -3.48. The summed E-state index contributed by atoms with van der Waals surface area (Å²) in [6, 6.07) is 10.1. The van der Waals surface area contributed by atoms with Crippen LogP contribution in [0.4, 0.5) is 5.69 Å². The Morgan fingerprint density at radius 2 is 2.00 bits per heavy atom. The SMILES string of the molecule is CN(C)/C=C(\c1ccccc1C=O)c1cc([N+](=O)[O-])cc2nc(C3CC3)oc12. The van der Waals surface area contributed by atoms with Crippen molar-refractivity contribution in [3.8, 4) is 0 Å². The lowest BCUT2D eigenvalue weighted by molar-refractivity contribution is -0.384. The summed E-state index contributed by atoms with van der Waals surface area (Å²) in [5.74, 6) is 0.896. The van der Waals surface area contributed by atoms with E-state index in [9.17, 15) is 14.9 Å². The zero-order valence-electron chi connectivity index (χ0n) is 15.6. The number of nitro benzene ring substituents is 1. The quantitative estimate of drug-likeness (QED) is 0.360. The van der Waals surface area contributed by atoms with E-state index in [1.165, 1.54) is 12.1 Å². The standard InChI is InChI=1S/C21H19N3O4/c1-23(2)11-18(16-6-4-3-5-14(16)12-25)17-9-15(24(26)27)10-19-20(17)28-21(22-19)13-7-8-13/h3-6,9-13H,7-8H2,1-2H3/b18-11+. The highest BCUT2D eigenvalue weighted by Gasteiger charge is 2.30. The molecule has 1 saturated carbocycles. The summed E-state index contributed by atoms with van der Waals surface area (Å²) >= 11 is 0. The Morgan fingerprint density at radius 1 is 1.25 bits per heavy atom. The van der Waals surface area contributed by atoms with Crippen molar-refractivity contribution in [3.05, 3.63) is 75.3 Å². The minimum Gasteiger partial charge on any atom is -0.440 e. The van der Waals surface area contributed by atoms with E-state index in [2.05, 4.69) is 4.98 Å². The first-order valence-electron chi connectivity index (χ1n) is 9.00. The normalized spacial score (nSPS) is 14.3. The maximum atomic E-state index is 11.6. The van der Waals surface area contributed by atoms with Crippen LogP contribution in [0.3, 0.4) is 0 Å². The van der Waals surface area contributed by atoms with Gasteiger partial charge in [-0.25, -0.2) is 4.98 Å². The second-order valence-corrected chi connectivity index (χ2v) is 7.14. The maximum absolute atomic E-state index is 11.6. The fraction of sp³-hybridized carbons (Fsp3) is 0.238. The van der Waals surface area contributed by atoms with Crippen molar-refractivity contribution in [2.75, 3.05) is 14.1 Å². The molecule has 7 heteroatoms. The molecular formula is C21H19N3O4. The second kappa shape index (κ2) is 6.92. The van der Waals surface area contributed by atoms with Crippen molar-refractivity contribution < 1.29 is 14.1 Å². The first kappa shape index (κ1) is 17.9.